The van der Waals surface area contributed by atoms with Gasteiger partial charge in [-0.2, -0.15) is 0 Å². The molecule has 0 aromatic heterocycles. The Morgan fingerprint density at radius 3 is 2.65 bits per heavy atom. The normalized spacial score (nSPS) is 12.1. The number of nitrogens with one attached hydrogen (secondary N) is 1. The second-order valence-corrected chi connectivity index (χ2v) is 4.98. The van der Waals surface area contributed by atoms with E-state index in [0.29, 0.717) is 12.1 Å². The minimum Gasteiger partial charge on any atom is -0.478 e. The Labute approximate surface area is 119 Å². The van der Waals surface area contributed by atoms with Gasteiger partial charge in [0.1, 0.15) is 0 Å². The van der Waals surface area contributed by atoms with Crippen LogP contribution >= 0.6 is 0 Å². The quantitative estimate of drug-likeness (QED) is 0.872. The van der Waals surface area contributed by atoms with Crippen molar-refractivity contribution in [2.24, 2.45) is 0 Å². The summed E-state index contributed by atoms with van der Waals surface area (Å²) in [5.41, 5.74) is 3.59. The van der Waals surface area contributed by atoms with Crippen molar-refractivity contribution in [3.63, 3.8) is 0 Å². The maximum atomic E-state index is 11.2. The fourth-order valence-corrected chi connectivity index (χ4v) is 2.20. The number of carboxylic acids is 1. The molecule has 104 valence electrons. The third-order valence-electron chi connectivity index (χ3n) is 3.39. The number of hydrogen-bond donors (Lipinski definition) is 2. The van der Waals surface area contributed by atoms with E-state index in [1.807, 2.05) is 18.2 Å². The Balaban J connectivity index is 2.07. The van der Waals surface area contributed by atoms with Crippen molar-refractivity contribution in [3.05, 3.63) is 70.8 Å². The predicted molar refractivity (Wildman–Crippen MR) is 79.8 cm³/mol. The van der Waals surface area contributed by atoms with Crippen molar-refractivity contribution in [2.75, 3.05) is 0 Å². The standard InChI is InChI=1S/C17H19NO2/c1-12-6-5-8-14(10-12)13(2)18-11-15-7-3-4-9-16(15)17(19)20/h3-10,13,18H,11H2,1-2H3,(H,19,20)/t13-/m1/s1. The molecule has 0 fully saturated rings. The van der Waals surface area contributed by atoms with Gasteiger partial charge in [-0.3, -0.25) is 0 Å². The van der Waals surface area contributed by atoms with Crippen LogP contribution in [0.15, 0.2) is 48.5 Å². The summed E-state index contributed by atoms with van der Waals surface area (Å²) in [7, 11) is 0. The SMILES string of the molecule is Cc1cccc([C@@H](C)NCc2ccccc2C(=O)O)c1. The van der Waals surface area contributed by atoms with Gasteiger partial charge in [0.25, 0.3) is 0 Å². The van der Waals surface area contributed by atoms with Crippen LogP contribution in [0.1, 0.15) is 40.0 Å². The lowest BCUT2D eigenvalue weighted by Crippen LogP contribution is -2.19. The van der Waals surface area contributed by atoms with Crippen molar-refractivity contribution in [2.45, 2.75) is 26.4 Å². The fourth-order valence-electron chi connectivity index (χ4n) is 2.20. The van der Waals surface area contributed by atoms with Crippen LogP contribution in [0.4, 0.5) is 0 Å². The van der Waals surface area contributed by atoms with Gasteiger partial charge in [0.15, 0.2) is 0 Å². The molecule has 0 aliphatic heterocycles. The number of hydrogen-bond acceptors (Lipinski definition) is 2. The van der Waals surface area contributed by atoms with Crippen LogP contribution in [0.2, 0.25) is 0 Å². The Morgan fingerprint density at radius 2 is 1.95 bits per heavy atom. The molecule has 3 nitrogen and oxygen atoms in total. The Hall–Kier alpha value is -2.13. The fraction of sp³-hybridized carbons (Fsp3) is 0.235. The van der Waals surface area contributed by atoms with Crippen molar-refractivity contribution in [1.82, 2.24) is 5.32 Å². The summed E-state index contributed by atoms with van der Waals surface area (Å²) >= 11 is 0. The van der Waals surface area contributed by atoms with E-state index < -0.39 is 5.97 Å². The molecule has 0 aliphatic rings. The molecule has 0 spiro atoms. The zero-order chi connectivity index (χ0) is 14.5. The number of aryl methyl sites for hydroxylation is 1. The molecule has 2 aromatic rings. The zero-order valence-corrected chi connectivity index (χ0v) is 11.8. The number of rotatable bonds is 5. The predicted octanol–water partition coefficient (Wildman–Crippen LogP) is 3.54. The summed E-state index contributed by atoms with van der Waals surface area (Å²) in [5.74, 6) is -0.884. The summed E-state index contributed by atoms with van der Waals surface area (Å²) in [6, 6.07) is 15.6. The Kier molecular flexibility index (Phi) is 4.53. The number of aromatic carboxylic acids is 1. The highest BCUT2D eigenvalue weighted by molar-refractivity contribution is 5.89. The zero-order valence-electron chi connectivity index (χ0n) is 11.8. The van der Waals surface area contributed by atoms with E-state index in [1.165, 1.54) is 11.1 Å². The van der Waals surface area contributed by atoms with Crippen molar-refractivity contribution in [3.8, 4) is 0 Å². The summed E-state index contributed by atoms with van der Waals surface area (Å²) in [6.07, 6.45) is 0. The van der Waals surface area contributed by atoms with E-state index in [1.54, 1.807) is 12.1 Å². The van der Waals surface area contributed by atoms with Gasteiger partial charge >= 0.3 is 5.97 Å². The van der Waals surface area contributed by atoms with Crippen LogP contribution < -0.4 is 5.32 Å². The van der Waals surface area contributed by atoms with E-state index in [2.05, 4.69) is 37.4 Å². The number of carbonyl (C=O) groups is 1. The topological polar surface area (TPSA) is 49.3 Å². The van der Waals surface area contributed by atoms with Gasteiger partial charge in [-0.15, -0.1) is 0 Å². The van der Waals surface area contributed by atoms with Crippen molar-refractivity contribution >= 4 is 5.97 Å². The summed E-state index contributed by atoms with van der Waals surface area (Å²) in [5, 5.41) is 12.5. The minimum atomic E-state index is -0.884. The highest BCUT2D eigenvalue weighted by Crippen LogP contribution is 2.15. The van der Waals surface area contributed by atoms with E-state index in [-0.39, 0.29) is 6.04 Å². The molecule has 1 atom stereocenters. The molecule has 0 aliphatic carbocycles. The van der Waals surface area contributed by atoms with Crippen molar-refractivity contribution < 1.29 is 9.90 Å². The molecule has 2 aromatic carbocycles. The van der Waals surface area contributed by atoms with Crippen molar-refractivity contribution in [1.29, 1.82) is 0 Å². The highest BCUT2D eigenvalue weighted by Gasteiger charge is 2.10. The van der Waals surface area contributed by atoms with E-state index in [4.69, 9.17) is 5.11 Å². The minimum absolute atomic E-state index is 0.178. The third kappa shape index (κ3) is 3.45. The molecule has 3 heteroatoms. The van der Waals surface area contributed by atoms with Gasteiger partial charge in [0.2, 0.25) is 0 Å². The lowest BCUT2D eigenvalue weighted by molar-refractivity contribution is 0.0695. The van der Waals surface area contributed by atoms with Crippen LogP contribution in [0.3, 0.4) is 0 Å². The number of benzene rings is 2. The molecule has 0 amide bonds. The van der Waals surface area contributed by atoms with Gasteiger partial charge in [-0.05, 0) is 31.0 Å². The first kappa shape index (κ1) is 14.3. The van der Waals surface area contributed by atoms with Crippen LogP contribution in [-0.4, -0.2) is 11.1 Å². The highest BCUT2D eigenvalue weighted by atomic mass is 16.4. The molecule has 20 heavy (non-hydrogen) atoms. The molecule has 0 unspecified atom stereocenters. The lowest BCUT2D eigenvalue weighted by atomic mass is 10.0. The third-order valence-corrected chi connectivity index (χ3v) is 3.39. The van der Waals surface area contributed by atoms with Crippen LogP contribution in [0.25, 0.3) is 0 Å². The summed E-state index contributed by atoms with van der Waals surface area (Å²) in [6.45, 7) is 4.69. The average Bonchev–Trinajstić information content (AvgIpc) is 2.45. The van der Waals surface area contributed by atoms with Gasteiger partial charge in [-0.25, -0.2) is 4.79 Å². The average molecular weight is 269 g/mol. The van der Waals surface area contributed by atoms with Gasteiger partial charge in [0, 0.05) is 12.6 Å². The summed E-state index contributed by atoms with van der Waals surface area (Å²) < 4.78 is 0. The van der Waals surface area contributed by atoms with E-state index in [9.17, 15) is 4.79 Å². The number of carboxylic acid groups (broad SMARTS) is 1. The molecular weight excluding hydrogens is 250 g/mol. The maximum absolute atomic E-state index is 11.2. The molecule has 2 N–H and O–H groups in total. The monoisotopic (exact) mass is 269 g/mol. The molecule has 0 saturated heterocycles. The van der Waals surface area contributed by atoms with E-state index in [0.717, 1.165) is 5.56 Å². The Morgan fingerprint density at radius 1 is 1.20 bits per heavy atom. The van der Waals surface area contributed by atoms with Gasteiger partial charge < -0.3 is 10.4 Å². The Bertz CT molecular complexity index is 607. The first-order valence-electron chi connectivity index (χ1n) is 6.69. The second kappa shape index (κ2) is 6.35. The maximum Gasteiger partial charge on any atom is 0.336 e. The van der Waals surface area contributed by atoms with Crippen LogP contribution in [0.5, 0.6) is 0 Å². The molecule has 2 rings (SSSR count). The molecule has 0 saturated carbocycles. The van der Waals surface area contributed by atoms with Gasteiger partial charge in [0.05, 0.1) is 5.56 Å². The molecular formula is C17H19NO2. The van der Waals surface area contributed by atoms with Gasteiger partial charge in [-0.1, -0.05) is 48.0 Å². The first-order valence-corrected chi connectivity index (χ1v) is 6.69. The smallest absolute Gasteiger partial charge is 0.336 e. The first-order chi connectivity index (χ1) is 9.58. The molecule has 0 heterocycles. The lowest BCUT2D eigenvalue weighted by Gasteiger charge is -2.16. The largest absolute Gasteiger partial charge is 0.478 e. The molecule has 0 radical (unpaired) electrons. The molecule has 0 bridgehead atoms. The summed E-state index contributed by atoms with van der Waals surface area (Å²) in [4.78, 5) is 11.2. The van der Waals surface area contributed by atoms with Crippen LogP contribution in [0, 0.1) is 6.92 Å². The second-order valence-electron chi connectivity index (χ2n) is 4.98. The van der Waals surface area contributed by atoms with E-state index >= 15 is 0 Å². The van der Waals surface area contributed by atoms with Crippen LogP contribution in [-0.2, 0) is 6.54 Å².